The van der Waals surface area contributed by atoms with Gasteiger partial charge in [-0.2, -0.15) is 0 Å². The first-order chi connectivity index (χ1) is 9.99. The number of benzene rings is 2. The third-order valence-corrected chi connectivity index (χ3v) is 3.13. The van der Waals surface area contributed by atoms with Crippen LogP contribution < -0.4 is 11.1 Å². The second kappa shape index (κ2) is 6.22. The van der Waals surface area contributed by atoms with Gasteiger partial charge in [-0.25, -0.2) is 0 Å². The van der Waals surface area contributed by atoms with Gasteiger partial charge in [-0.3, -0.25) is 9.59 Å². The fraction of sp³-hybridized carbons (Fsp3) is 0.176. The number of anilines is 2. The van der Waals surface area contributed by atoms with Gasteiger partial charge in [0.1, 0.15) is 0 Å². The molecule has 0 unspecified atom stereocenters. The summed E-state index contributed by atoms with van der Waals surface area (Å²) in [5.74, 6) is -0.331. The van der Waals surface area contributed by atoms with E-state index in [9.17, 15) is 9.59 Å². The molecule has 21 heavy (non-hydrogen) atoms. The minimum atomic E-state index is -0.130. The molecule has 1 amide bonds. The van der Waals surface area contributed by atoms with Gasteiger partial charge < -0.3 is 11.1 Å². The van der Waals surface area contributed by atoms with Crippen LogP contribution >= 0.6 is 0 Å². The second-order valence-corrected chi connectivity index (χ2v) is 5.14. The lowest BCUT2D eigenvalue weighted by Crippen LogP contribution is -2.18. The molecule has 0 spiro atoms. The third-order valence-electron chi connectivity index (χ3n) is 3.13. The third kappa shape index (κ3) is 3.48. The first-order valence-corrected chi connectivity index (χ1v) is 6.79. The van der Waals surface area contributed by atoms with Gasteiger partial charge in [0.05, 0.1) is 11.4 Å². The van der Waals surface area contributed by atoms with Crippen LogP contribution in [-0.2, 0) is 4.79 Å². The molecule has 0 radical (unpaired) electrons. The summed E-state index contributed by atoms with van der Waals surface area (Å²) in [6.45, 7) is 3.61. The normalized spacial score (nSPS) is 10.4. The fourth-order valence-corrected chi connectivity index (χ4v) is 1.85. The highest BCUT2D eigenvalue weighted by Gasteiger charge is 2.13. The molecule has 108 valence electrons. The van der Waals surface area contributed by atoms with Crippen molar-refractivity contribution in [3.63, 3.8) is 0 Å². The van der Waals surface area contributed by atoms with Crippen LogP contribution in [0.4, 0.5) is 11.4 Å². The molecule has 4 heteroatoms. The first kappa shape index (κ1) is 14.8. The molecule has 0 fully saturated rings. The number of carbonyl (C=O) groups is 2. The Morgan fingerprint density at radius 1 is 1.00 bits per heavy atom. The molecule has 0 aromatic heterocycles. The Hall–Kier alpha value is -2.62. The molecule has 0 saturated carbocycles. The predicted octanol–water partition coefficient (Wildman–Crippen LogP) is 3.09. The first-order valence-electron chi connectivity index (χ1n) is 6.79. The topological polar surface area (TPSA) is 72.2 Å². The molecule has 2 rings (SSSR count). The molecule has 0 aliphatic rings. The van der Waals surface area contributed by atoms with Crippen LogP contribution in [0.3, 0.4) is 0 Å². The van der Waals surface area contributed by atoms with Crippen LogP contribution in [0.15, 0.2) is 48.5 Å². The van der Waals surface area contributed by atoms with Crippen LogP contribution in [0, 0.1) is 5.92 Å². The number of ketones is 1. The zero-order valence-corrected chi connectivity index (χ0v) is 12.1. The zero-order valence-electron chi connectivity index (χ0n) is 12.1. The number of nitrogen functional groups attached to an aromatic ring is 1. The number of hydrogen-bond donors (Lipinski definition) is 2. The lowest BCUT2D eigenvalue weighted by Gasteiger charge is -2.11. The summed E-state index contributed by atoms with van der Waals surface area (Å²) in [6.07, 6.45) is 0. The van der Waals surface area contributed by atoms with Gasteiger partial charge in [-0.1, -0.05) is 44.2 Å². The van der Waals surface area contributed by atoms with Gasteiger partial charge in [0.15, 0.2) is 5.78 Å². The number of amides is 1. The van der Waals surface area contributed by atoms with Gasteiger partial charge in [0.2, 0.25) is 5.91 Å². The number of hydrogen-bond acceptors (Lipinski definition) is 3. The number of carbonyl (C=O) groups excluding carboxylic acids is 2. The van der Waals surface area contributed by atoms with E-state index in [1.54, 1.807) is 44.2 Å². The highest BCUT2D eigenvalue weighted by molar-refractivity contribution is 6.10. The van der Waals surface area contributed by atoms with Gasteiger partial charge in [0, 0.05) is 17.0 Å². The summed E-state index contributed by atoms with van der Waals surface area (Å²) in [5.41, 5.74) is 7.93. The Kier molecular flexibility index (Phi) is 4.38. The lowest BCUT2D eigenvalue weighted by atomic mass is 10.0. The molecule has 0 aliphatic heterocycles. The largest absolute Gasteiger partial charge is 0.397 e. The predicted molar refractivity (Wildman–Crippen MR) is 84.2 cm³/mol. The van der Waals surface area contributed by atoms with Crippen LogP contribution in [-0.4, -0.2) is 11.7 Å². The van der Waals surface area contributed by atoms with Crippen molar-refractivity contribution in [1.82, 2.24) is 0 Å². The standard InChI is InChI=1S/C17H18N2O2/c1-11(2)17(21)19-15-9-8-13(10-14(15)18)16(20)12-6-4-3-5-7-12/h3-11H,18H2,1-2H3,(H,19,21). The van der Waals surface area contributed by atoms with Crippen molar-refractivity contribution >= 4 is 23.1 Å². The molecule has 4 nitrogen and oxygen atoms in total. The molecule has 0 heterocycles. The minimum absolute atomic E-state index is 0.0935. The summed E-state index contributed by atoms with van der Waals surface area (Å²) in [4.78, 5) is 24.0. The molecule has 2 aromatic carbocycles. The molecule has 0 bridgehead atoms. The maximum Gasteiger partial charge on any atom is 0.226 e. The van der Waals surface area contributed by atoms with E-state index in [2.05, 4.69) is 5.32 Å². The maximum absolute atomic E-state index is 12.3. The lowest BCUT2D eigenvalue weighted by molar-refractivity contribution is -0.118. The average Bonchev–Trinajstić information content (AvgIpc) is 2.49. The minimum Gasteiger partial charge on any atom is -0.397 e. The molecule has 2 aromatic rings. The Bertz CT molecular complexity index is 664. The smallest absolute Gasteiger partial charge is 0.226 e. The highest BCUT2D eigenvalue weighted by atomic mass is 16.1. The van der Waals surface area contributed by atoms with E-state index < -0.39 is 0 Å². The van der Waals surface area contributed by atoms with Crippen molar-refractivity contribution in [2.24, 2.45) is 5.92 Å². The van der Waals surface area contributed by atoms with E-state index >= 15 is 0 Å². The molecule has 3 N–H and O–H groups in total. The van der Waals surface area contributed by atoms with E-state index in [4.69, 9.17) is 5.73 Å². The quantitative estimate of drug-likeness (QED) is 0.668. The molecule has 0 aliphatic carbocycles. The van der Waals surface area contributed by atoms with Crippen molar-refractivity contribution in [2.75, 3.05) is 11.1 Å². The number of nitrogens with two attached hydrogens (primary N) is 1. The molecule has 0 saturated heterocycles. The monoisotopic (exact) mass is 282 g/mol. The van der Waals surface area contributed by atoms with Crippen LogP contribution in [0.5, 0.6) is 0 Å². The Morgan fingerprint density at radius 3 is 2.24 bits per heavy atom. The molecular formula is C17H18N2O2. The van der Waals surface area contributed by atoms with Crippen LogP contribution in [0.2, 0.25) is 0 Å². The van der Waals surface area contributed by atoms with Gasteiger partial charge in [-0.15, -0.1) is 0 Å². The molecular weight excluding hydrogens is 264 g/mol. The molecule has 0 atom stereocenters. The number of rotatable bonds is 4. The summed E-state index contributed by atoms with van der Waals surface area (Å²) in [6, 6.07) is 13.9. The van der Waals surface area contributed by atoms with Crippen molar-refractivity contribution in [1.29, 1.82) is 0 Å². The summed E-state index contributed by atoms with van der Waals surface area (Å²) in [5, 5.41) is 2.74. The van der Waals surface area contributed by atoms with Crippen molar-refractivity contribution in [3.8, 4) is 0 Å². The second-order valence-electron chi connectivity index (χ2n) is 5.14. The van der Waals surface area contributed by atoms with Crippen LogP contribution in [0.1, 0.15) is 29.8 Å². The Labute approximate surface area is 124 Å². The van der Waals surface area contributed by atoms with E-state index in [0.717, 1.165) is 0 Å². The fourth-order valence-electron chi connectivity index (χ4n) is 1.85. The highest BCUT2D eigenvalue weighted by Crippen LogP contribution is 2.22. The van der Waals surface area contributed by atoms with Gasteiger partial charge in [0.25, 0.3) is 0 Å². The van der Waals surface area contributed by atoms with E-state index in [0.29, 0.717) is 22.5 Å². The average molecular weight is 282 g/mol. The van der Waals surface area contributed by atoms with E-state index in [-0.39, 0.29) is 17.6 Å². The van der Waals surface area contributed by atoms with E-state index in [1.807, 2.05) is 18.2 Å². The van der Waals surface area contributed by atoms with Gasteiger partial charge >= 0.3 is 0 Å². The van der Waals surface area contributed by atoms with E-state index in [1.165, 1.54) is 0 Å². The SMILES string of the molecule is CC(C)C(=O)Nc1ccc(C(=O)c2ccccc2)cc1N. The summed E-state index contributed by atoms with van der Waals surface area (Å²) in [7, 11) is 0. The van der Waals surface area contributed by atoms with Gasteiger partial charge in [-0.05, 0) is 18.2 Å². The Balaban J connectivity index is 2.23. The Morgan fingerprint density at radius 2 is 1.67 bits per heavy atom. The van der Waals surface area contributed by atoms with Crippen molar-refractivity contribution in [2.45, 2.75) is 13.8 Å². The maximum atomic E-state index is 12.3. The van der Waals surface area contributed by atoms with Crippen molar-refractivity contribution < 1.29 is 9.59 Å². The zero-order chi connectivity index (χ0) is 15.4. The summed E-state index contributed by atoms with van der Waals surface area (Å²) >= 11 is 0. The van der Waals surface area contributed by atoms with Crippen molar-refractivity contribution in [3.05, 3.63) is 59.7 Å². The van der Waals surface area contributed by atoms with Crippen LogP contribution in [0.25, 0.3) is 0 Å². The summed E-state index contributed by atoms with van der Waals surface area (Å²) < 4.78 is 0. The number of nitrogens with one attached hydrogen (secondary N) is 1.